The van der Waals surface area contributed by atoms with E-state index in [1.54, 1.807) is 6.20 Å². The van der Waals surface area contributed by atoms with Gasteiger partial charge in [0.25, 0.3) is 0 Å². The summed E-state index contributed by atoms with van der Waals surface area (Å²) >= 11 is 6.12. The van der Waals surface area contributed by atoms with E-state index in [2.05, 4.69) is 31.0 Å². The molecule has 1 unspecified atom stereocenters. The number of nitrogens with zero attached hydrogens (tertiary/aromatic N) is 2. The fourth-order valence-electron chi connectivity index (χ4n) is 1.79. The molecule has 0 aromatic heterocycles. The molecule has 2 rings (SSSR count). The van der Waals surface area contributed by atoms with Gasteiger partial charge in [0.2, 0.25) is 5.96 Å². The normalized spacial score (nSPS) is 19.8. The summed E-state index contributed by atoms with van der Waals surface area (Å²) in [7, 11) is 0. The molecule has 0 saturated heterocycles. The van der Waals surface area contributed by atoms with Crippen molar-refractivity contribution in [2.75, 3.05) is 0 Å². The molecule has 1 aromatic carbocycles. The number of benzene rings is 1. The Balaban J connectivity index is 2.42. The fourth-order valence-corrected chi connectivity index (χ4v) is 2.01. The minimum absolute atomic E-state index is 0.0425. The highest BCUT2D eigenvalue weighted by molar-refractivity contribution is 6.22. The van der Waals surface area contributed by atoms with E-state index in [0.717, 1.165) is 5.56 Å². The van der Waals surface area contributed by atoms with Crippen LogP contribution in [0.3, 0.4) is 0 Å². The summed E-state index contributed by atoms with van der Waals surface area (Å²) in [6.45, 7) is 4.17. The molecule has 1 atom stereocenters. The molecule has 16 heavy (non-hydrogen) atoms. The Morgan fingerprint density at radius 3 is 2.88 bits per heavy atom. The number of nitrogens with two attached hydrogens (primary N) is 1. The van der Waals surface area contributed by atoms with E-state index in [1.165, 1.54) is 15.5 Å². The van der Waals surface area contributed by atoms with E-state index in [1.807, 2.05) is 12.1 Å². The molecule has 0 fully saturated rings. The third-order valence-corrected chi connectivity index (χ3v) is 3.29. The average Bonchev–Trinajstić information content (AvgIpc) is 2.27. The van der Waals surface area contributed by atoms with Gasteiger partial charge >= 0.3 is 0 Å². The van der Waals surface area contributed by atoms with Gasteiger partial charge in [-0.2, -0.15) is 0 Å². The highest BCUT2D eigenvalue weighted by Gasteiger charge is 2.22. The molecular weight excluding hydrogens is 222 g/mol. The molecule has 0 spiro atoms. The minimum atomic E-state index is -0.0425. The number of aliphatic imine (C=N–C) groups is 1. The van der Waals surface area contributed by atoms with Crippen molar-refractivity contribution < 1.29 is 0 Å². The summed E-state index contributed by atoms with van der Waals surface area (Å²) in [5.74, 6) is 0.329. The number of aryl methyl sites for hydroxylation is 1. The first-order valence-electron chi connectivity index (χ1n) is 5.12. The van der Waals surface area contributed by atoms with Gasteiger partial charge in [-0.1, -0.05) is 18.2 Å². The zero-order chi connectivity index (χ0) is 11.7. The van der Waals surface area contributed by atoms with Crippen molar-refractivity contribution in [2.45, 2.75) is 19.9 Å². The fraction of sp³-hybridized carbons (Fsp3) is 0.250. The first-order valence-corrected chi connectivity index (χ1v) is 5.46. The summed E-state index contributed by atoms with van der Waals surface area (Å²) in [6.07, 6.45) is 3.63. The molecule has 4 heteroatoms. The number of rotatable bonds is 1. The van der Waals surface area contributed by atoms with Gasteiger partial charge in [-0.25, -0.2) is 9.41 Å². The second-order valence-corrected chi connectivity index (χ2v) is 4.24. The predicted octanol–water partition coefficient (Wildman–Crippen LogP) is 2.64. The van der Waals surface area contributed by atoms with Gasteiger partial charge in [-0.15, -0.1) is 0 Å². The van der Waals surface area contributed by atoms with Crippen LogP contribution in [0.25, 0.3) is 0 Å². The number of hydrogen-bond donors (Lipinski definition) is 1. The Bertz CT molecular complexity index is 465. The lowest BCUT2D eigenvalue weighted by Crippen LogP contribution is -2.34. The van der Waals surface area contributed by atoms with E-state index in [9.17, 15) is 0 Å². The van der Waals surface area contributed by atoms with Crippen LogP contribution < -0.4 is 5.73 Å². The van der Waals surface area contributed by atoms with Gasteiger partial charge in [0, 0.05) is 18.0 Å². The molecule has 84 valence electrons. The van der Waals surface area contributed by atoms with Crippen LogP contribution in [-0.4, -0.2) is 10.4 Å². The molecule has 0 saturated carbocycles. The summed E-state index contributed by atoms with van der Waals surface area (Å²) in [6, 6.07) is 6.13. The van der Waals surface area contributed by atoms with Crippen LogP contribution in [0.15, 0.2) is 35.5 Å². The van der Waals surface area contributed by atoms with E-state index < -0.39 is 0 Å². The Labute approximate surface area is 100 Å². The molecule has 0 radical (unpaired) electrons. The second-order valence-electron chi connectivity index (χ2n) is 3.87. The SMILES string of the molecule is Cc1cccc(C2C=CN=C(N)N2Cl)c1C. The van der Waals surface area contributed by atoms with Gasteiger partial charge in [0.15, 0.2) is 0 Å². The maximum Gasteiger partial charge on any atom is 0.211 e. The Kier molecular flexibility index (Phi) is 2.88. The lowest BCUT2D eigenvalue weighted by atomic mass is 9.97. The monoisotopic (exact) mass is 235 g/mol. The Hall–Kier alpha value is -1.48. The van der Waals surface area contributed by atoms with Gasteiger partial charge in [-0.05, 0) is 36.6 Å². The van der Waals surface area contributed by atoms with Gasteiger partial charge in [0.1, 0.15) is 0 Å². The second kappa shape index (κ2) is 4.18. The highest BCUT2D eigenvalue weighted by Crippen LogP contribution is 2.29. The number of halogens is 1. The zero-order valence-corrected chi connectivity index (χ0v) is 10.1. The summed E-state index contributed by atoms with van der Waals surface area (Å²) < 4.78 is 1.46. The van der Waals surface area contributed by atoms with E-state index in [0.29, 0.717) is 5.96 Å². The first kappa shape index (κ1) is 11.0. The van der Waals surface area contributed by atoms with Crippen LogP contribution in [0.1, 0.15) is 22.7 Å². The molecule has 2 N–H and O–H groups in total. The van der Waals surface area contributed by atoms with Gasteiger partial charge < -0.3 is 5.73 Å². The first-order chi connectivity index (χ1) is 7.61. The average molecular weight is 236 g/mol. The van der Waals surface area contributed by atoms with Crippen molar-refractivity contribution >= 4 is 17.7 Å². The van der Waals surface area contributed by atoms with Crippen LogP contribution >= 0.6 is 11.8 Å². The van der Waals surface area contributed by atoms with Gasteiger partial charge in [0.05, 0.1) is 6.04 Å². The maximum absolute atomic E-state index is 6.12. The minimum Gasteiger partial charge on any atom is -0.368 e. The standard InChI is InChI=1S/C12H14ClN3/c1-8-4-3-5-10(9(8)2)11-6-7-15-12(14)16(11)13/h3-7,11H,1-2H3,(H2,14,15). The third kappa shape index (κ3) is 1.78. The summed E-state index contributed by atoms with van der Waals surface area (Å²) in [5.41, 5.74) is 9.32. The van der Waals surface area contributed by atoms with Crippen molar-refractivity contribution in [3.8, 4) is 0 Å². The highest BCUT2D eigenvalue weighted by atomic mass is 35.5. The largest absolute Gasteiger partial charge is 0.368 e. The topological polar surface area (TPSA) is 41.6 Å². The molecule has 1 aliphatic heterocycles. The third-order valence-electron chi connectivity index (χ3n) is 2.90. The summed E-state index contributed by atoms with van der Waals surface area (Å²) in [5, 5.41) is 0. The van der Waals surface area contributed by atoms with Crippen molar-refractivity contribution in [2.24, 2.45) is 10.7 Å². The predicted molar refractivity (Wildman–Crippen MR) is 67.1 cm³/mol. The van der Waals surface area contributed by atoms with Crippen molar-refractivity contribution in [1.29, 1.82) is 0 Å². The molecule has 0 aliphatic carbocycles. The van der Waals surface area contributed by atoms with Crippen molar-refractivity contribution in [3.05, 3.63) is 47.2 Å². The lowest BCUT2D eigenvalue weighted by molar-refractivity contribution is 0.551. The Morgan fingerprint density at radius 2 is 2.12 bits per heavy atom. The smallest absolute Gasteiger partial charge is 0.211 e. The van der Waals surface area contributed by atoms with E-state index in [-0.39, 0.29) is 6.04 Å². The van der Waals surface area contributed by atoms with Gasteiger partial charge in [-0.3, -0.25) is 0 Å². The Morgan fingerprint density at radius 1 is 1.38 bits per heavy atom. The van der Waals surface area contributed by atoms with Crippen LogP contribution in [0.2, 0.25) is 0 Å². The zero-order valence-electron chi connectivity index (χ0n) is 9.31. The molecule has 1 aliphatic rings. The van der Waals surface area contributed by atoms with Crippen LogP contribution in [0.4, 0.5) is 0 Å². The van der Waals surface area contributed by atoms with Crippen LogP contribution in [0, 0.1) is 13.8 Å². The quantitative estimate of drug-likeness (QED) is 0.761. The molecule has 1 heterocycles. The lowest BCUT2D eigenvalue weighted by Gasteiger charge is -2.27. The summed E-state index contributed by atoms with van der Waals surface area (Å²) in [4.78, 5) is 3.95. The molecule has 1 aromatic rings. The van der Waals surface area contributed by atoms with Crippen molar-refractivity contribution in [1.82, 2.24) is 4.42 Å². The molecule has 0 amide bonds. The molecule has 0 bridgehead atoms. The van der Waals surface area contributed by atoms with Crippen LogP contribution in [0.5, 0.6) is 0 Å². The van der Waals surface area contributed by atoms with Crippen molar-refractivity contribution in [3.63, 3.8) is 0 Å². The number of hydrogen-bond acceptors (Lipinski definition) is 3. The maximum atomic E-state index is 6.12. The van der Waals surface area contributed by atoms with Crippen LogP contribution in [-0.2, 0) is 0 Å². The van der Waals surface area contributed by atoms with E-state index >= 15 is 0 Å². The molecule has 3 nitrogen and oxygen atoms in total. The van der Waals surface area contributed by atoms with E-state index in [4.69, 9.17) is 17.5 Å². The molecular formula is C12H14ClN3. The number of guanidine groups is 1.